The molecule has 0 aromatic carbocycles. The molecule has 0 amide bonds. The summed E-state index contributed by atoms with van der Waals surface area (Å²) < 4.78 is 0. The quantitative estimate of drug-likeness (QED) is 0.493. The second kappa shape index (κ2) is 4.79. The van der Waals surface area contributed by atoms with Crippen LogP contribution in [0.3, 0.4) is 0 Å². The van der Waals surface area contributed by atoms with E-state index in [2.05, 4.69) is 20.3 Å². The fourth-order valence-electron chi connectivity index (χ4n) is 1.27. The van der Waals surface area contributed by atoms with Gasteiger partial charge in [-0.05, 0) is 6.07 Å². The molecule has 0 radical (unpaired) electrons. The number of aromatic nitrogens is 3. The van der Waals surface area contributed by atoms with Crippen molar-refractivity contribution in [1.82, 2.24) is 15.0 Å². The van der Waals surface area contributed by atoms with Crippen LogP contribution in [-0.2, 0) is 6.54 Å². The number of rotatable bonds is 4. The Bertz CT molecular complexity index is 528. The van der Waals surface area contributed by atoms with E-state index in [0.717, 1.165) is 5.69 Å². The molecular formula is C9H8ClN5O2. The summed E-state index contributed by atoms with van der Waals surface area (Å²) in [4.78, 5) is 20.8. The first-order chi connectivity index (χ1) is 8.16. The van der Waals surface area contributed by atoms with Gasteiger partial charge >= 0.3 is 5.69 Å². The molecule has 2 aromatic rings. The summed E-state index contributed by atoms with van der Waals surface area (Å²) in [6.07, 6.45) is 3.14. The summed E-state index contributed by atoms with van der Waals surface area (Å²) in [5.74, 6) is 0.136. The lowest BCUT2D eigenvalue weighted by Gasteiger charge is -2.04. The third-order valence-electron chi connectivity index (χ3n) is 2.04. The van der Waals surface area contributed by atoms with Crippen LogP contribution in [0, 0.1) is 10.1 Å². The molecule has 17 heavy (non-hydrogen) atoms. The lowest BCUT2D eigenvalue weighted by atomic mass is 10.4. The SMILES string of the molecule is O=[N+]([O-])c1ccc(Cl)nc1NCc1cnc[nH]1. The predicted molar refractivity (Wildman–Crippen MR) is 61.8 cm³/mol. The molecule has 0 aliphatic carbocycles. The highest BCUT2D eigenvalue weighted by Gasteiger charge is 2.15. The third kappa shape index (κ3) is 2.70. The Kier molecular flexibility index (Phi) is 3.20. The molecule has 8 heteroatoms. The second-order valence-corrected chi connectivity index (χ2v) is 3.58. The van der Waals surface area contributed by atoms with Crippen LogP contribution in [0.15, 0.2) is 24.7 Å². The van der Waals surface area contributed by atoms with Crippen LogP contribution in [0.2, 0.25) is 5.15 Å². The number of hydrogen-bond donors (Lipinski definition) is 2. The number of hydrogen-bond acceptors (Lipinski definition) is 5. The van der Waals surface area contributed by atoms with Crippen molar-refractivity contribution in [2.24, 2.45) is 0 Å². The number of halogens is 1. The Labute approximate surface area is 101 Å². The molecule has 0 atom stereocenters. The van der Waals surface area contributed by atoms with Gasteiger partial charge in [-0.15, -0.1) is 0 Å². The van der Waals surface area contributed by atoms with Crippen molar-refractivity contribution in [3.63, 3.8) is 0 Å². The Morgan fingerprint density at radius 1 is 1.53 bits per heavy atom. The van der Waals surface area contributed by atoms with Crippen molar-refractivity contribution >= 4 is 23.1 Å². The molecule has 0 fully saturated rings. The maximum Gasteiger partial charge on any atom is 0.311 e. The molecule has 88 valence electrons. The van der Waals surface area contributed by atoms with Gasteiger partial charge in [0, 0.05) is 12.3 Å². The van der Waals surface area contributed by atoms with Crippen molar-refractivity contribution in [1.29, 1.82) is 0 Å². The van der Waals surface area contributed by atoms with Crippen LogP contribution in [0.1, 0.15) is 5.69 Å². The van der Waals surface area contributed by atoms with Gasteiger partial charge in [-0.3, -0.25) is 10.1 Å². The number of anilines is 1. The van der Waals surface area contributed by atoms with Crippen molar-refractivity contribution in [2.75, 3.05) is 5.32 Å². The van der Waals surface area contributed by atoms with E-state index in [1.54, 1.807) is 6.20 Å². The molecular weight excluding hydrogens is 246 g/mol. The predicted octanol–water partition coefficient (Wildman–Crippen LogP) is 1.98. The molecule has 2 N–H and O–H groups in total. The first-order valence-electron chi connectivity index (χ1n) is 4.69. The number of aromatic amines is 1. The van der Waals surface area contributed by atoms with Crippen LogP contribution >= 0.6 is 11.6 Å². The molecule has 0 unspecified atom stereocenters. The molecule has 2 rings (SSSR count). The minimum absolute atomic E-state index is 0.117. The van der Waals surface area contributed by atoms with Crippen LogP contribution in [0.4, 0.5) is 11.5 Å². The second-order valence-electron chi connectivity index (χ2n) is 3.19. The van der Waals surface area contributed by atoms with Gasteiger partial charge in [-0.2, -0.15) is 0 Å². The van der Waals surface area contributed by atoms with Crippen LogP contribution in [-0.4, -0.2) is 19.9 Å². The average Bonchev–Trinajstić information content (AvgIpc) is 2.78. The summed E-state index contributed by atoms with van der Waals surface area (Å²) in [6, 6.07) is 2.69. The molecule has 0 spiro atoms. The van der Waals surface area contributed by atoms with Gasteiger partial charge in [-0.1, -0.05) is 11.6 Å². The van der Waals surface area contributed by atoms with Gasteiger partial charge in [0.15, 0.2) is 0 Å². The van der Waals surface area contributed by atoms with Crippen molar-refractivity contribution < 1.29 is 4.92 Å². The molecule has 0 aliphatic heterocycles. The lowest BCUT2D eigenvalue weighted by Crippen LogP contribution is -2.05. The summed E-state index contributed by atoms with van der Waals surface area (Å²) in [7, 11) is 0. The topological polar surface area (TPSA) is 96.7 Å². The average molecular weight is 254 g/mol. The summed E-state index contributed by atoms with van der Waals surface area (Å²) in [5.41, 5.74) is 0.676. The van der Waals surface area contributed by atoms with E-state index in [4.69, 9.17) is 11.6 Å². The number of nitrogens with one attached hydrogen (secondary N) is 2. The largest absolute Gasteiger partial charge is 0.359 e. The monoisotopic (exact) mass is 253 g/mol. The third-order valence-corrected chi connectivity index (χ3v) is 2.25. The highest BCUT2D eigenvalue weighted by atomic mass is 35.5. The van der Waals surface area contributed by atoms with Gasteiger partial charge in [-0.25, -0.2) is 9.97 Å². The number of imidazole rings is 1. The molecule has 0 bridgehead atoms. The molecule has 0 saturated heterocycles. The number of nitrogens with zero attached hydrogens (tertiary/aromatic N) is 3. The van der Waals surface area contributed by atoms with Gasteiger partial charge in [0.05, 0.1) is 23.5 Å². The summed E-state index contributed by atoms with van der Waals surface area (Å²) >= 11 is 5.69. The number of H-pyrrole nitrogens is 1. The van der Waals surface area contributed by atoms with E-state index in [1.165, 1.54) is 18.5 Å². The molecule has 2 heterocycles. The van der Waals surface area contributed by atoms with Crippen LogP contribution < -0.4 is 5.32 Å². The standard InChI is InChI=1S/C9H8ClN5O2/c10-8-2-1-7(15(16)17)9(14-8)12-4-6-3-11-5-13-6/h1-3,5H,4H2,(H,11,13)(H,12,14). The van der Waals surface area contributed by atoms with E-state index in [-0.39, 0.29) is 16.7 Å². The van der Waals surface area contributed by atoms with Gasteiger partial charge in [0.25, 0.3) is 0 Å². The fourth-order valence-corrected chi connectivity index (χ4v) is 1.41. The smallest absolute Gasteiger partial charge is 0.311 e. The van der Waals surface area contributed by atoms with Crippen molar-refractivity contribution in [3.8, 4) is 0 Å². The molecule has 2 aromatic heterocycles. The first kappa shape index (κ1) is 11.3. The Morgan fingerprint density at radius 3 is 3.00 bits per heavy atom. The minimum atomic E-state index is -0.515. The normalized spacial score (nSPS) is 10.2. The van der Waals surface area contributed by atoms with Crippen molar-refractivity contribution in [3.05, 3.63) is 45.6 Å². The van der Waals surface area contributed by atoms with E-state index < -0.39 is 4.92 Å². The maximum atomic E-state index is 10.8. The van der Waals surface area contributed by atoms with Gasteiger partial charge < -0.3 is 10.3 Å². The minimum Gasteiger partial charge on any atom is -0.359 e. The Morgan fingerprint density at radius 2 is 2.35 bits per heavy atom. The first-order valence-corrected chi connectivity index (χ1v) is 5.06. The lowest BCUT2D eigenvalue weighted by molar-refractivity contribution is -0.384. The molecule has 0 aliphatic rings. The molecule has 7 nitrogen and oxygen atoms in total. The van der Waals surface area contributed by atoms with E-state index in [0.29, 0.717) is 6.54 Å². The van der Waals surface area contributed by atoms with Crippen molar-refractivity contribution in [2.45, 2.75) is 6.54 Å². The maximum absolute atomic E-state index is 10.8. The molecule has 0 saturated carbocycles. The van der Waals surface area contributed by atoms with Crippen LogP contribution in [0.5, 0.6) is 0 Å². The Hall–Kier alpha value is -2.15. The van der Waals surface area contributed by atoms with Gasteiger partial charge in [0.2, 0.25) is 5.82 Å². The summed E-state index contributed by atoms with van der Waals surface area (Å²) in [5, 5.41) is 13.8. The highest BCUT2D eigenvalue weighted by Crippen LogP contribution is 2.24. The zero-order valence-corrected chi connectivity index (χ0v) is 9.31. The number of nitro groups is 1. The zero-order chi connectivity index (χ0) is 12.3. The van der Waals surface area contributed by atoms with E-state index >= 15 is 0 Å². The summed E-state index contributed by atoms with van der Waals surface area (Å²) in [6.45, 7) is 0.355. The Balaban J connectivity index is 2.19. The van der Waals surface area contributed by atoms with Crippen LogP contribution in [0.25, 0.3) is 0 Å². The van der Waals surface area contributed by atoms with Gasteiger partial charge in [0.1, 0.15) is 5.15 Å². The highest BCUT2D eigenvalue weighted by molar-refractivity contribution is 6.29. The van der Waals surface area contributed by atoms with E-state index in [1.807, 2.05) is 0 Å². The van der Waals surface area contributed by atoms with E-state index in [9.17, 15) is 10.1 Å². The zero-order valence-electron chi connectivity index (χ0n) is 8.55. The fraction of sp³-hybridized carbons (Fsp3) is 0.111. The number of pyridine rings is 1.